The number of benzene rings is 2. The van der Waals surface area contributed by atoms with Gasteiger partial charge in [-0.2, -0.15) is 0 Å². The molecule has 2 rings (SSSR count). The third kappa shape index (κ3) is 7.95. The lowest BCUT2D eigenvalue weighted by Crippen LogP contribution is -2.54. The van der Waals surface area contributed by atoms with Gasteiger partial charge in [0.1, 0.15) is 24.2 Å². The van der Waals surface area contributed by atoms with E-state index in [4.69, 9.17) is 4.74 Å². The number of rotatable bonds is 9. The van der Waals surface area contributed by atoms with Gasteiger partial charge in [0.2, 0.25) is 21.8 Å². The molecule has 192 valence electrons. The number of anilines is 1. The Hall–Kier alpha value is -3.14. The lowest BCUT2D eigenvalue weighted by molar-refractivity contribution is -0.140. The molecular weight excluding hydrogens is 473 g/mol. The number of hydrogen-bond donors (Lipinski definition) is 1. The molecule has 0 aliphatic heterocycles. The largest absolute Gasteiger partial charge is 0.495 e. The van der Waals surface area contributed by atoms with Crippen molar-refractivity contribution in [1.82, 2.24) is 10.2 Å². The Morgan fingerprint density at radius 2 is 1.71 bits per heavy atom. The minimum Gasteiger partial charge on any atom is -0.495 e. The molecule has 0 saturated heterocycles. The lowest BCUT2D eigenvalue weighted by atomic mass is 10.1. The van der Waals surface area contributed by atoms with Crippen LogP contribution in [0.3, 0.4) is 0 Å². The topological polar surface area (TPSA) is 96.0 Å². The number of nitrogens with one attached hydrogen (secondary N) is 1. The van der Waals surface area contributed by atoms with Crippen LogP contribution in [0.4, 0.5) is 10.1 Å². The predicted molar refractivity (Wildman–Crippen MR) is 134 cm³/mol. The van der Waals surface area contributed by atoms with E-state index in [0.717, 1.165) is 16.1 Å². The maximum Gasteiger partial charge on any atom is 0.244 e. The summed E-state index contributed by atoms with van der Waals surface area (Å²) in [4.78, 5) is 27.8. The number of amides is 2. The molecule has 0 saturated carbocycles. The van der Waals surface area contributed by atoms with E-state index in [1.54, 1.807) is 32.0 Å². The third-order valence-corrected chi connectivity index (χ3v) is 6.34. The van der Waals surface area contributed by atoms with Crippen LogP contribution < -0.4 is 14.4 Å². The number of carbonyl (C=O) groups excluding carboxylic acids is 2. The minimum atomic E-state index is -3.89. The molecule has 2 aromatic carbocycles. The summed E-state index contributed by atoms with van der Waals surface area (Å²) in [5, 5.41) is 2.85. The fourth-order valence-electron chi connectivity index (χ4n) is 3.43. The quantitative estimate of drug-likeness (QED) is 0.562. The average Bonchev–Trinajstić information content (AvgIpc) is 2.74. The molecule has 2 amide bonds. The average molecular weight is 508 g/mol. The van der Waals surface area contributed by atoms with Gasteiger partial charge >= 0.3 is 0 Å². The van der Waals surface area contributed by atoms with Gasteiger partial charge in [-0.1, -0.05) is 18.2 Å². The zero-order valence-electron chi connectivity index (χ0n) is 21.3. The summed E-state index contributed by atoms with van der Waals surface area (Å²) < 4.78 is 45.2. The Balaban J connectivity index is 2.47. The van der Waals surface area contributed by atoms with Gasteiger partial charge in [-0.05, 0) is 70.0 Å². The molecule has 1 N–H and O–H groups in total. The molecule has 0 bridgehead atoms. The summed E-state index contributed by atoms with van der Waals surface area (Å²) in [6.45, 7) is 8.26. The first-order valence-corrected chi connectivity index (χ1v) is 13.0. The highest BCUT2D eigenvalue weighted by molar-refractivity contribution is 7.92. The molecule has 35 heavy (non-hydrogen) atoms. The monoisotopic (exact) mass is 507 g/mol. The molecule has 0 heterocycles. The number of ether oxygens (including phenoxy) is 1. The Kier molecular flexibility index (Phi) is 8.89. The van der Waals surface area contributed by atoms with E-state index in [9.17, 15) is 22.4 Å². The summed E-state index contributed by atoms with van der Waals surface area (Å²) >= 11 is 0. The summed E-state index contributed by atoms with van der Waals surface area (Å²) in [7, 11) is -2.48. The first kappa shape index (κ1) is 28.1. The van der Waals surface area contributed by atoms with Crippen molar-refractivity contribution in [3.8, 4) is 5.75 Å². The molecule has 0 aliphatic rings. The zero-order valence-corrected chi connectivity index (χ0v) is 22.1. The number of hydrogen-bond acceptors (Lipinski definition) is 5. The number of methoxy groups -OCH3 is 1. The lowest BCUT2D eigenvalue weighted by Gasteiger charge is -2.33. The van der Waals surface area contributed by atoms with Crippen molar-refractivity contribution in [1.29, 1.82) is 0 Å². The Morgan fingerprint density at radius 1 is 1.11 bits per heavy atom. The molecule has 0 spiro atoms. The molecule has 1 atom stereocenters. The van der Waals surface area contributed by atoms with Crippen molar-refractivity contribution < 1.29 is 27.1 Å². The number of sulfonamides is 1. The van der Waals surface area contributed by atoms with Gasteiger partial charge in [0.25, 0.3) is 0 Å². The van der Waals surface area contributed by atoms with Crippen LogP contribution >= 0.6 is 0 Å². The second kappa shape index (κ2) is 11.1. The van der Waals surface area contributed by atoms with Gasteiger partial charge in [-0.25, -0.2) is 12.8 Å². The molecule has 0 radical (unpaired) electrons. The third-order valence-electron chi connectivity index (χ3n) is 5.21. The Labute approximate surface area is 207 Å². The summed E-state index contributed by atoms with van der Waals surface area (Å²) in [6, 6.07) is 9.65. The van der Waals surface area contributed by atoms with Crippen molar-refractivity contribution in [3.63, 3.8) is 0 Å². The smallest absolute Gasteiger partial charge is 0.244 e. The summed E-state index contributed by atoms with van der Waals surface area (Å²) in [5.41, 5.74) is 1.05. The fraction of sp³-hybridized carbons (Fsp3) is 0.440. The molecule has 0 aromatic heterocycles. The second-order valence-electron chi connectivity index (χ2n) is 9.51. The van der Waals surface area contributed by atoms with E-state index in [1.165, 1.54) is 36.3 Å². The zero-order chi connectivity index (χ0) is 26.6. The van der Waals surface area contributed by atoms with Crippen LogP contribution in [0.1, 0.15) is 38.8 Å². The van der Waals surface area contributed by atoms with E-state index in [-0.39, 0.29) is 18.0 Å². The number of nitrogens with zero attached hydrogens (tertiary/aromatic N) is 2. The summed E-state index contributed by atoms with van der Waals surface area (Å²) in [6.07, 6.45) is 1.00. The van der Waals surface area contributed by atoms with Crippen LogP contribution in [-0.4, -0.2) is 56.6 Å². The molecule has 0 fully saturated rings. The summed E-state index contributed by atoms with van der Waals surface area (Å²) in [5.74, 6) is -1.13. The standard InChI is InChI=1S/C25H34FN3O5S/c1-17-8-13-22(34-6)21(14-17)29(35(7,32)33)16-23(30)28(15-19-9-11-20(26)12-10-19)18(2)24(31)27-25(3,4)5/h8-14,18H,15-16H2,1-7H3,(H,27,31)/t18-/m1/s1. The van der Waals surface area contributed by atoms with Crippen LogP contribution in [0.15, 0.2) is 42.5 Å². The van der Waals surface area contributed by atoms with E-state index < -0.39 is 45.8 Å². The molecular formula is C25H34FN3O5S. The van der Waals surface area contributed by atoms with E-state index in [0.29, 0.717) is 5.56 Å². The first-order chi connectivity index (χ1) is 16.1. The highest BCUT2D eigenvalue weighted by Gasteiger charge is 2.32. The van der Waals surface area contributed by atoms with Crippen molar-refractivity contribution >= 4 is 27.5 Å². The maximum absolute atomic E-state index is 13.6. The van der Waals surface area contributed by atoms with E-state index >= 15 is 0 Å². The first-order valence-electron chi connectivity index (χ1n) is 11.1. The number of halogens is 1. The van der Waals surface area contributed by atoms with Crippen molar-refractivity contribution in [2.75, 3.05) is 24.2 Å². The molecule has 2 aromatic rings. The van der Waals surface area contributed by atoms with Crippen molar-refractivity contribution in [3.05, 3.63) is 59.4 Å². The van der Waals surface area contributed by atoms with Crippen LogP contribution in [0.25, 0.3) is 0 Å². The normalized spacial score (nSPS) is 12.6. The van der Waals surface area contributed by atoms with Gasteiger partial charge in [0, 0.05) is 12.1 Å². The van der Waals surface area contributed by atoms with Crippen LogP contribution in [0, 0.1) is 12.7 Å². The Morgan fingerprint density at radius 3 is 2.23 bits per heavy atom. The second-order valence-corrected chi connectivity index (χ2v) is 11.4. The number of carbonyl (C=O) groups is 2. The van der Waals surface area contributed by atoms with Crippen molar-refractivity contribution in [2.45, 2.75) is 52.7 Å². The van der Waals surface area contributed by atoms with Gasteiger partial charge in [-0.15, -0.1) is 0 Å². The van der Waals surface area contributed by atoms with E-state index in [1.807, 2.05) is 20.8 Å². The number of aryl methyl sites for hydroxylation is 1. The predicted octanol–water partition coefficient (Wildman–Crippen LogP) is 3.24. The van der Waals surface area contributed by atoms with Crippen molar-refractivity contribution in [2.24, 2.45) is 0 Å². The molecule has 0 unspecified atom stereocenters. The maximum atomic E-state index is 13.6. The molecule has 0 aliphatic carbocycles. The van der Waals surface area contributed by atoms with Gasteiger partial charge in [0.05, 0.1) is 19.1 Å². The van der Waals surface area contributed by atoms with Gasteiger partial charge < -0.3 is 15.0 Å². The molecule has 10 heteroatoms. The minimum absolute atomic E-state index is 0.0135. The highest BCUT2D eigenvalue weighted by atomic mass is 32.2. The Bertz CT molecular complexity index is 1160. The van der Waals surface area contributed by atoms with E-state index in [2.05, 4.69) is 5.32 Å². The van der Waals surface area contributed by atoms with Crippen LogP contribution in [-0.2, 0) is 26.2 Å². The highest BCUT2D eigenvalue weighted by Crippen LogP contribution is 2.31. The van der Waals surface area contributed by atoms with Crippen LogP contribution in [0.2, 0.25) is 0 Å². The van der Waals surface area contributed by atoms with Gasteiger partial charge in [-0.3, -0.25) is 13.9 Å². The SMILES string of the molecule is COc1ccc(C)cc1N(CC(=O)N(Cc1ccc(F)cc1)[C@H](C)C(=O)NC(C)(C)C)S(C)(=O)=O. The van der Waals surface area contributed by atoms with Crippen LogP contribution in [0.5, 0.6) is 5.75 Å². The fourth-order valence-corrected chi connectivity index (χ4v) is 4.28. The van der Waals surface area contributed by atoms with Gasteiger partial charge in [0.15, 0.2) is 0 Å². The molecule has 8 nitrogen and oxygen atoms in total.